The van der Waals surface area contributed by atoms with Gasteiger partial charge in [-0.05, 0) is 38.8 Å². The van der Waals surface area contributed by atoms with Crippen molar-refractivity contribution in [2.45, 2.75) is 51.4 Å². The summed E-state index contributed by atoms with van der Waals surface area (Å²) < 4.78 is 10.8. The zero-order chi connectivity index (χ0) is 18.0. The summed E-state index contributed by atoms with van der Waals surface area (Å²) in [4.78, 5) is 18.8. The number of ether oxygens (including phenoxy) is 2. The Hall–Kier alpha value is -1.70. The Kier molecular flexibility index (Phi) is 5.27. The summed E-state index contributed by atoms with van der Waals surface area (Å²) in [5, 5.41) is 12.2. The number of pyridine rings is 1. The lowest BCUT2D eigenvalue weighted by molar-refractivity contribution is -0.00373. The number of nitrogens with one attached hydrogen (secondary N) is 1. The summed E-state index contributed by atoms with van der Waals surface area (Å²) in [6, 6.07) is 3.83. The average Bonchev–Trinajstić information content (AvgIpc) is 2.97. The van der Waals surface area contributed by atoms with Crippen LogP contribution in [0.2, 0.25) is 0 Å². The lowest BCUT2D eigenvalue weighted by Crippen LogP contribution is -2.50. The molecule has 7 nitrogen and oxygen atoms in total. The quantitative estimate of drug-likeness (QED) is 0.866. The molecule has 1 aromatic rings. The van der Waals surface area contributed by atoms with Gasteiger partial charge < -0.3 is 14.6 Å². The van der Waals surface area contributed by atoms with Crippen LogP contribution in [0.1, 0.15) is 44.4 Å². The first-order valence-electron chi connectivity index (χ1n) is 8.78. The van der Waals surface area contributed by atoms with Gasteiger partial charge in [-0.1, -0.05) is 6.07 Å². The van der Waals surface area contributed by atoms with E-state index in [2.05, 4.69) is 15.2 Å². The standard InChI is InChI=1S/C18H27N3O4/c1-18(2,3)25-17(23)20-16-5-4-14(12-6-7-24-11-12)15(19-16)10-21-8-13(22)9-21/h4-5,12-13,22H,6-11H2,1-3H3,(H,19,20,23). The molecule has 2 fully saturated rings. The normalized spacial score (nSPS) is 21.8. The molecule has 25 heavy (non-hydrogen) atoms. The van der Waals surface area contributed by atoms with Crippen molar-refractivity contribution in [2.75, 3.05) is 31.6 Å². The molecule has 0 radical (unpaired) electrons. The van der Waals surface area contributed by atoms with E-state index >= 15 is 0 Å². The Bertz CT molecular complexity index is 617. The van der Waals surface area contributed by atoms with E-state index in [4.69, 9.17) is 9.47 Å². The molecule has 0 bridgehead atoms. The number of carbonyl (C=O) groups is 1. The highest BCUT2D eigenvalue weighted by molar-refractivity contribution is 5.83. The van der Waals surface area contributed by atoms with E-state index in [1.165, 1.54) is 0 Å². The van der Waals surface area contributed by atoms with Gasteiger partial charge in [-0.15, -0.1) is 0 Å². The Morgan fingerprint density at radius 3 is 2.80 bits per heavy atom. The summed E-state index contributed by atoms with van der Waals surface area (Å²) >= 11 is 0. The van der Waals surface area contributed by atoms with Gasteiger partial charge in [-0.25, -0.2) is 9.78 Å². The first-order valence-corrected chi connectivity index (χ1v) is 8.78. The minimum Gasteiger partial charge on any atom is -0.444 e. The number of anilines is 1. The van der Waals surface area contributed by atoms with Crippen LogP contribution < -0.4 is 5.32 Å². The number of β-amino-alcohol motifs (C(OH)–C–C–N with tert-alkyl or cyclic N) is 1. The van der Waals surface area contributed by atoms with Gasteiger partial charge in [0.15, 0.2) is 0 Å². The Morgan fingerprint density at radius 1 is 1.44 bits per heavy atom. The topological polar surface area (TPSA) is 83.9 Å². The number of aliphatic hydroxyl groups is 1. The van der Waals surface area contributed by atoms with Crippen LogP contribution in [0.4, 0.5) is 10.6 Å². The number of amides is 1. The third kappa shape index (κ3) is 4.90. The SMILES string of the molecule is CC(C)(C)OC(=O)Nc1ccc(C2CCOC2)c(CN2CC(O)C2)n1. The number of aromatic nitrogens is 1. The third-order valence-corrected chi connectivity index (χ3v) is 4.32. The van der Waals surface area contributed by atoms with Crippen LogP contribution in [-0.4, -0.2) is 59.1 Å². The molecule has 138 valence electrons. The van der Waals surface area contributed by atoms with Gasteiger partial charge in [-0.3, -0.25) is 10.2 Å². The maximum absolute atomic E-state index is 12.0. The monoisotopic (exact) mass is 349 g/mol. The molecule has 0 aliphatic carbocycles. The number of likely N-dealkylation sites (tertiary alicyclic amines) is 1. The molecule has 0 spiro atoms. The number of nitrogens with zero attached hydrogens (tertiary/aromatic N) is 2. The lowest BCUT2D eigenvalue weighted by atomic mass is 9.96. The van der Waals surface area contributed by atoms with Crippen LogP contribution in [0.5, 0.6) is 0 Å². The van der Waals surface area contributed by atoms with Gasteiger partial charge in [0.05, 0.1) is 18.4 Å². The summed E-state index contributed by atoms with van der Waals surface area (Å²) in [7, 11) is 0. The van der Waals surface area contributed by atoms with Crippen molar-refractivity contribution >= 4 is 11.9 Å². The molecule has 0 saturated carbocycles. The zero-order valence-corrected chi connectivity index (χ0v) is 15.1. The molecule has 2 saturated heterocycles. The Labute approximate surface area is 148 Å². The van der Waals surface area contributed by atoms with Crippen LogP contribution in [-0.2, 0) is 16.0 Å². The molecule has 1 amide bonds. The van der Waals surface area contributed by atoms with Crippen molar-refractivity contribution in [1.82, 2.24) is 9.88 Å². The van der Waals surface area contributed by atoms with E-state index in [1.54, 1.807) is 0 Å². The van der Waals surface area contributed by atoms with Crippen molar-refractivity contribution in [2.24, 2.45) is 0 Å². The van der Waals surface area contributed by atoms with E-state index in [-0.39, 0.29) is 6.10 Å². The van der Waals surface area contributed by atoms with Crippen molar-refractivity contribution < 1.29 is 19.4 Å². The Balaban J connectivity index is 1.74. The fourth-order valence-electron chi connectivity index (χ4n) is 3.15. The van der Waals surface area contributed by atoms with Crippen LogP contribution in [0.15, 0.2) is 12.1 Å². The zero-order valence-electron chi connectivity index (χ0n) is 15.1. The van der Waals surface area contributed by atoms with Gasteiger partial charge >= 0.3 is 6.09 Å². The van der Waals surface area contributed by atoms with Crippen molar-refractivity contribution in [3.8, 4) is 0 Å². The largest absolute Gasteiger partial charge is 0.444 e. The first kappa shape index (κ1) is 18.1. The second kappa shape index (κ2) is 7.27. The maximum Gasteiger partial charge on any atom is 0.413 e. The molecule has 1 aromatic heterocycles. The summed E-state index contributed by atoms with van der Waals surface area (Å²) in [6.45, 7) is 8.92. The highest BCUT2D eigenvalue weighted by Crippen LogP contribution is 2.29. The Morgan fingerprint density at radius 2 is 2.20 bits per heavy atom. The van der Waals surface area contributed by atoms with Gasteiger partial charge in [0.1, 0.15) is 11.4 Å². The van der Waals surface area contributed by atoms with Crippen LogP contribution in [0, 0.1) is 0 Å². The van der Waals surface area contributed by atoms with Crippen molar-refractivity contribution in [3.63, 3.8) is 0 Å². The van der Waals surface area contributed by atoms with E-state index in [0.29, 0.717) is 38.0 Å². The summed E-state index contributed by atoms with van der Waals surface area (Å²) in [5.41, 5.74) is 1.53. The fourth-order valence-corrected chi connectivity index (χ4v) is 3.15. The third-order valence-electron chi connectivity index (χ3n) is 4.32. The molecule has 2 aliphatic heterocycles. The molecule has 3 rings (SSSR count). The van der Waals surface area contributed by atoms with Crippen LogP contribution >= 0.6 is 0 Å². The average molecular weight is 349 g/mol. The molecular weight excluding hydrogens is 322 g/mol. The minimum atomic E-state index is -0.554. The molecule has 7 heteroatoms. The van der Waals surface area contributed by atoms with Crippen LogP contribution in [0.3, 0.4) is 0 Å². The lowest BCUT2D eigenvalue weighted by Gasteiger charge is -2.36. The molecular formula is C18H27N3O4. The predicted molar refractivity (Wildman–Crippen MR) is 93.6 cm³/mol. The van der Waals surface area contributed by atoms with Crippen molar-refractivity contribution in [3.05, 3.63) is 23.4 Å². The fraction of sp³-hybridized carbons (Fsp3) is 0.667. The van der Waals surface area contributed by atoms with Gasteiger partial charge in [0, 0.05) is 32.2 Å². The van der Waals surface area contributed by atoms with E-state index in [1.807, 2.05) is 32.9 Å². The first-order chi connectivity index (χ1) is 11.8. The number of rotatable bonds is 4. The second-order valence-electron chi connectivity index (χ2n) is 7.77. The number of hydrogen-bond acceptors (Lipinski definition) is 6. The smallest absolute Gasteiger partial charge is 0.413 e. The summed E-state index contributed by atoms with van der Waals surface area (Å²) in [5.74, 6) is 0.817. The second-order valence-corrected chi connectivity index (χ2v) is 7.77. The maximum atomic E-state index is 12.0. The van der Waals surface area contributed by atoms with Gasteiger partial charge in [0.2, 0.25) is 0 Å². The molecule has 2 N–H and O–H groups in total. The summed E-state index contributed by atoms with van der Waals surface area (Å²) in [6.07, 6.45) is 0.222. The number of hydrogen-bond donors (Lipinski definition) is 2. The highest BCUT2D eigenvalue weighted by atomic mass is 16.6. The molecule has 2 aliphatic rings. The van der Waals surface area contributed by atoms with E-state index in [0.717, 1.165) is 24.3 Å². The number of carbonyl (C=O) groups excluding carboxylic acids is 1. The van der Waals surface area contributed by atoms with Gasteiger partial charge in [0.25, 0.3) is 0 Å². The molecule has 1 unspecified atom stereocenters. The van der Waals surface area contributed by atoms with E-state index < -0.39 is 11.7 Å². The van der Waals surface area contributed by atoms with Gasteiger partial charge in [-0.2, -0.15) is 0 Å². The number of aliphatic hydroxyl groups excluding tert-OH is 1. The predicted octanol–water partition coefficient (Wildman–Crippen LogP) is 2.11. The minimum absolute atomic E-state index is 0.249. The van der Waals surface area contributed by atoms with Crippen LogP contribution in [0.25, 0.3) is 0 Å². The highest BCUT2D eigenvalue weighted by Gasteiger charge is 2.28. The van der Waals surface area contributed by atoms with Crippen molar-refractivity contribution in [1.29, 1.82) is 0 Å². The molecule has 3 heterocycles. The molecule has 0 aromatic carbocycles. The molecule has 1 atom stereocenters. The van der Waals surface area contributed by atoms with E-state index in [9.17, 15) is 9.90 Å².